The van der Waals surface area contributed by atoms with Crippen molar-refractivity contribution in [3.63, 3.8) is 0 Å². The zero-order valence-corrected chi connectivity index (χ0v) is 10.1. The summed E-state index contributed by atoms with van der Waals surface area (Å²) in [7, 11) is 0. The number of rotatable bonds is 2. The van der Waals surface area contributed by atoms with Crippen LogP contribution in [0.3, 0.4) is 0 Å². The minimum Gasteiger partial charge on any atom is -0.436 e. The van der Waals surface area contributed by atoms with E-state index >= 15 is 0 Å². The molecule has 17 heavy (non-hydrogen) atoms. The summed E-state index contributed by atoms with van der Waals surface area (Å²) in [6.07, 6.45) is 0. The average Bonchev–Trinajstić information content (AvgIpc) is 2.58. The molecule has 1 aromatic heterocycles. The lowest BCUT2D eigenvalue weighted by molar-refractivity contribution is 0.0994. The number of anilines is 1. The number of aryl methyl sites for hydroxylation is 3. The first kappa shape index (κ1) is 11.4. The van der Waals surface area contributed by atoms with Gasteiger partial charge in [0.25, 0.3) is 5.91 Å². The van der Waals surface area contributed by atoms with Crippen LogP contribution in [0.15, 0.2) is 28.7 Å². The molecule has 2 rings (SSSR count). The maximum absolute atomic E-state index is 11.9. The van der Waals surface area contributed by atoms with Crippen LogP contribution in [-0.2, 0) is 0 Å². The van der Waals surface area contributed by atoms with Gasteiger partial charge >= 0.3 is 0 Å². The number of carbonyl (C=O) groups is 1. The number of aromatic nitrogens is 1. The van der Waals surface area contributed by atoms with Crippen LogP contribution in [0.1, 0.15) is 27.7 Å². The van der Waals surface area contributed by atoms with Crippen LogP contribution in [0.5, 0.6) is 0 Å². The number of oxazole rings is 1. The van der Waals surface area contributed by atoms with Crippen molar-refractivity contribution in [2.45, 2.75) is 20.8 Å². The molecule has 1 heterocycles. The molecule has 0 radical (unpaired) electrons. The van der Waals surface area contributed by atoms with Gasteiger partial charge in [-0.15, -0.1) is 0 Å². The molecule has 4 heteroatoms. The summed E-state index contributed by atoms with van der Waals surface area (Å²) in [6.45, 7) is 5.44. The lowest BCUT2D eigenvalue weighted by Gasteiger charge is -2.03. The first-order valence-electron chi connectivity index (χ1n) is 5.38. The van der Waals surface area contributed by atoms with Gasteiger partial charge in [0.05, 0.1) is 5.69 Å². The molecule has 0 saturated carbocycles. The van der Waals surface area contributed by atoms with E-state index in [1.165, 1.54) is 0 Å². The Morgan fingerprint density at radius 3 is 2.65 bits per heavy atom. The highest BCUT2D eigenvalue weighted by Crippen LogP contribution is 2.14. The van der Waals surface area contributed by atoms with Gasteiger partial charge in [-0.05, 0) is 31.5 Å². The van der Waals surface area contributed by atoms with Gasteiger partial charge in [0, 0.05) is 12.6 Å². The number of carbonyl (C=O) groups excluding carboxylic acids is 1. The fourth-order valence-electron chi connectivity index (χ4n) is 1.65. The molecule has 0 bridgehead atoms. The maximum Gasteiger partial charge on any atom is 0.293 e. The summed E-state index contributed by atoms with van der Waals surface area (Å²) < 4.78 is 5.26. The Morgan fingerprint density at radius 1 is 1.29 bits per heavy atom. The lowest BCUT2D eigenvalue weighted by atomic mass is 10.2. The van der Waals surface area contributed by atoms with E-state index in [-0.39, 0.29) is 11.7 Å². The second-order valence-corrected chi connectivity index (χ2v) is 3.97. The highest BCUT2D eigenvalue weighted by molar-refractivity contribution is 6.02. The van der Waals surface area contributed by atoms with E-state index in [1.54, 1.807) is 13.8 Å². The van der Waals surface area contributed by atoms with Crippen molar-refractivity contribution in [2.24, 2.45) is 0 Å². The minimum absolute atomic E-state index is 0.268. The molecule has 1 amide bonds. The molecule has 0 aliphatic carbocycles. The van der Waals surface area contributed by atoms with E-state index in [0.717, 1.165) is 11.3 Å². The van der Waals surface area contributed by atoms with Crippen molar-refractivity contribution in [3.05, 3.63) is 47.2 Å². The normalized spacial score (nSPS) is 10.3. The van der Waals surface area contributed by atoms with Crippen molar-refractivity contribution in [1.82, 2.24) is 4.98 Å². The Morgan fingerprint density at radius 2 is 2.06 bits per heavy atom. The summed E-state index contributed by atoms with van der Waals surface area (Å²) in [5, 5.41) is 2.78. The second kappa shape index (κ2) is 4.41. The number of amides is 1. The Bertz CT molecular complexity index is 558. The molecule has 0 fully saturated rings. The number of nitrogens with zero attached hydrogens (tertiary/aromatic N) is 1. The molecule has 0 aliphatic rings. The molecule has 1 aromatic carbocycles. The molecule has 88 valence electrons. The molecular formula is C13H14N2O2. The van der Waals surface area contributed by atoms with Crippen molar-refractivity contribution < 1.29 is 9.21 Å². The quantitative estimate of drug-likeness (QED) is 0.863. The van der Waals surface area contributed by atoms with E-state index in [0.29, 0.717) is 11.6 Å². The zero-order valence-electron chi connectivity index (χ0n) is 10.1. The van der Waals surface area contributed by atoms with E-state index in [4.69, 9.17) is 4.42 Å². The summed E-state index contributed by atoms with van der Waals surface area (Å²) in [5.74, 6) is 0.495. The largest absolute Gasteiger partial charge is 0.436 e. The van der Waals surface area contributed by atoms with Gasteiger partial charge < -0.3 is 9.73 Å². The van der Waals surface area contributed by atoms with E-state index < -0.39 is 0 Å². The van der Waals surface area contributed by atoms with Crippen LogP contribution in [-0.4, -0.2) is 10.9 Å². The topological polar surface area (TPSA) is 55.1 Å². The molecule has 0 spiro atoms. The van der Waals surface area contributed by atoms with Crippen LogP contribution >= 0.6 is 0 Å². The third kappa shape index (κ3) is 2.53. The van der Waals surface area contributed by atoms with Crippen molar-refractivity contribution >= 4 is 11.6 Å². The fraction of sp³-hybridized carbons (Fsp3) is 0.231. The molecule has 0 saturated heterocycles. The molecule has 1 N–H and O–H groups in total. The van der Waals surface area contributed by atoms with Gasteiger partial charge in [0.2, 0.25) is 5.76 Å². The summed E-state index contributed by atoms with van der Waals surface area (Å²) in [4.78, 5) is 16.0. The van der Waals surface area contributed by atoms with Crippen LogP contribution in [0, 0.1) is 20.8 Å². The number of hydrogen-bond acceptors (Lipinski definition) is 3. The predicted octanol–water partition coefficient (Wildman–Crippen LogP) is 2.85. The number of hydrogen-bond donors (Lipinski definition) is 1. The van der Waals surface area contributed by atoms with Gasteiger partial charge in [-0.3, -0.25) is 4.79 Å². The second-order valence-electron chi connectivity index (χ2n) is 3.97. The molecule has 0 aliphatic heterocycles. The van der Waals surface area contributed by atoms with Crippen LogP contribution in [0.2, 0.25) is 0 Å². The van der Waals surface area contributed by atoms with Crippen molar-refractivity contribution in [3.8, 4) is 0 Å². The first-order valence-corrected chi connectivity index (χ1v) is 5.38. The third-order valence-corrected chi connectivity index (χ3v) is 2.39. The lowest BCUT2D eigenvalue weighted by Crippen LogP contribution is -2.12. The van der Waals surface area contributed by atoms with Crippen LogP contribution in [0.25, 0.3) is 0 Å². The average molecular weight is 230 g/mol. The monoisotopic (exact) mass is 230 g/mol. The Hall–Kier alpha value is -2.10. The highest BCUT2D eigenvalue weighted by atomic mass is 16.4. The van der Waals surface area contributed by atoms with Crippen molar-refractivity contribution in [2.75, 3.05) is 5.32 Å². The van der Waals surface area contributed by atoms with Crippen LogP contribution < -0.4 is 5.32 Å². The van der Waals surface area contributed by atoms with E-state index in [2.05, 4.69) is 10.3 Å². The van der Waals surface area contributed by atoms with E-state index in [1.807, 2.05) is 31.2 Å². The standard InChI is InChI=1S/C13H14N2O2/c1-8-5-4-6-11(7-8)15-13(16)12-9(2)14-10(3)17-12/h4-7H,1-3H3,(H,15,16). The fourth-order valence-corrected chi connectivity index (χ4v) is 1.65. The number of nitrogens with one attached hydrogen (secondary N) is 1. The molecular weight excluding hydrogens is 216 g/mol. The SMILES string of the molecule is Cc1cccc(NC(=O)c2oc(C)nc2C)c1. The maximum atomic E-state index is 11.9. The van der Waals surface area contributed by atoms with E-state index in [9.17, 15) is 4.79 Å². The van der Waals surface area contributed by atoms with Crippen LogP contribution in [0.4, 0.5) is 5.69 Å². The molecule has 0 atom stereocenters. The molecule has 0 unspecified atom stereocenters. The Balaban J connectivity index is 2.20. The van der Waals surface area contributed by atoms with Gasteiger partial charge in [-0.1, -0.05) is 12.1 Å². The van der Waals surface area contributed by atoms with Gasteiger partial charge in [-0.2, -0.15) is 0 Å². The highest BCUT2D eigenvalue weighted by Gasteiger charge is 2.15. The smallest absolute Gasteiger partial charge is 0.293 e. The summed E-state index contributed by atoms with van der Waals surface area (Å²) in [5.41, 5.74) is 2.45. The van der Waals surface area contributed by atoms with Crippen molar-refractivity contribution in [1.29, 1.82) is 0 Å². The zero-order chi connectivity index (χ0) is 12.4. The third-order valence-electron chi connectivity index (χ3n) is 2.39. The molecule has 2 aromatic rings. The van der Waals surface area contributed by atoms with Gasteiger partial charge in [-0.25, -0.2) is 4.98 Å². The summed E-state index contributed by atoms with van der Waals surface area (Å²) >= 11 is 0. The Labute approximate surface area is 99.7 Å². The van der Waals surface area contributed by atoms with Gasteiger partial charge in [0.15, 0.2) is 5.89 Å². The summed E-state index contributed by atoms with van der Waals surface area (Å²) in [6, 6.07) is 7.60. The molecule has 4 nitrogen and oxygen atoms in total. The minimum atomic E-state index is -0.270. The van der Waals surface area contributed by atoms with Gasteiger partial charge in [0.1, 0.15) is 0 Å². The first-order chi connectivity index (χ1) is 8.06. The predicted molar refractivity (Wildman–Crippen MR) is 65.1 cm³/mol. The Kier molecular flexibility index (Phi) is 2.95. The number of benzene rings is 1.